The van der Waals surface area contributed by atoms with Crippen LogP contribution in [0.5, 0.6) is 0 Å². The van der Waals surface area contributed by atoms with Crippen LogP contribution in [0.15, 0.2) is 47.4 Å². The number of nitrogens with two attached hydrogens (primary N) is 1. The van der Waals surface area contributed by atoms with Gasteiger partial charge in [-0.3, -0.25) is 4.79 Å². The SMILES string of the molecule is CCCCNC(=O)c1cc(S(N)(=O)=O)c(Cl)cc1NCc1ccccc1. The van der Waals surface area contributed by atoms with Gasteiger partial charge in [0.25, 0.3) is 5.91 Å². The van der Waals surface area contributed by atoms with Gasteiger partial charge >= 0.3 is 0 Å². The van der Waals surface area contributed by atoms with Crippen LogP contribution in [0, 0.1) is 0 Å². The van der Waals surface area contributed by atoms with E-state index in [2.05, 4.69) is 10.6 Å². The van der Waals surface area contributed by atoms with E-state index in [0.29, 0.717) is 18.8 Å². The number of primary sulfonamides is 1. The van der Waals surface area contributed by atoms with Crippen molar-refractivity contribution in [2.45, 2.75) is 31.2 Å². The molecule has 0 bridgehead atoms. The quantitative estimate of drug-likeness (QED) is 0.597. The van der Waals surface area contributed by atoms with Gasteiger partial charge in [0.2, 0.25) is 10.0 Å². The van der Waals surface area contributed by atoms with Crippen molar-refractivity contribution in [2.24, 2.45) is 5.14 Å². The highest BCUT2D eigenvalue weighted by Crippen LogP contribution is 2.28. The molecule has 0 saturated carbocycles. The van der Waals surface area contributed by atoms with E-state index >= 15 is 0 Å². The summed E-state index contributed by atoms with van der Waals surface area (Å²) in [5.41, 5.74) is 1.64. The third kappa shape index (κ3) is 5.45. The topological polar surface area (TPSA) is 101 Å². The van der Waals surface area contributed by atoms with Gasteiger partial charge in [-0.15, -0.1) is 0 Å². The van der Waals surface area contributed by atoms with Crippen molar-refractivity contribution < 1.29 is 13.2 Å². The van der Waals surface area contributed by atoms with Crippen LogP contribution < -0.4 is 15.8 Å². The lowest BCUT2D eigenvalue weighted by atomic mass is 10.1. The van der Waals surface area contributed by atoms with Crippen molar-refractivity contribution in [3.8, 4) is 0 Å². The molecule has 26 heavy (non-hydrogen) atoms. The predicted molar refractivity (Wildman–Crippen MR) is 104 cm³/mol. The van der Waals surface area contributed by atoms with Gasteiger partial charge in [-0.1, -0.05) is 55.3 Å². The highest BCUT2D eigenvalue weighted by atomic mass is 35.5. The van der Waals surface area contributed by atoms with E-state index in [4.69, 9.17) is 16.7 Å². The van der Waals surface area contributed by atoms with E-state index in [1.807, 2.05) is 37.3 Å². The fourth-order valence-corrected chi connectivity index (χ4v) is 3.47. The minimum Gasteiger partial charge on any atom is -0.380 e. The zero-order valence-electron chi connectivity index (χ0n) is 14.5. The van der Waals surface area contributed by atoms with Crippen LogP contribution in [-0.2, 0) is 16.6 Å². The summed E-state index contributed by atoms with van der Waals surface area (Å²) in [5.74, 6) is -0.379. The Morgan fingerprint density at radius 1 is 1.19 bits per heavy atom. The Morgan fingerprint density at radius 2 is 1.88 bits per heavy atom. The number of rotatable bonds is 8. The predicted octanol–water partition coefficient (Wildman–Crippen LogP) is 3.13. The van der Waals surface area contributed by atoms with Gasteiger partial charge in [-0.05, 0) is 24.1 Å². The van der Waals surface area contributed by atoms with Gasteiger partial charge < -0.3 is 10.6 Å². The van der Waals surface area contributed by atoms with E-state index in [1.165, 1.54) is 12.1 Å². The number of hydrogen-bond acceptors (Lipinski definition) is 4. The zero-order valence-corrected chi connectivity index (χ0v) is 16.0. The third-order valence-electron chi connectivity index (χ3n) is 3.76. The average molecular weight is 396 g/mol. The Morgan fingerprint density at radius 3 is 2.50 bits per heavy atom. The van der Waals surface area contributed by atoms with Gasteiger partial charge in [0, 0.05) is 18.8 Å². The second kappa shape index (κ2) is 9.02. The number of carbonyl (C=O) groups is 1. The van der Waals surface area contributed by atoms with E-state index in [-0.39, 0.29) is 21.4 Å². The number of benzene rings is 2. The molecule has 0 aliphatic carbocycles. The summed E-state index contributed by atoms with van der Waals surface area (Å²) in [6.45, 7) is 2.97. The summed E-state index contributed by atoms with van der Waals surface area (Å²) in [6, 6.07) is 12.2. The number of anilines is 1. The summed E-state index contributed by atoms with van der Waals surface area (Å²) in [5, 5.41) is 11.1. The summed E-state index contributed by atoms with van der Waals surface area (Å²) in [6.07, 6.45) is 1.76. The summed E-state index contributed by atoms with van der Waals surface area (Å²) < 4.78 is 23.4. The molecule has 0 unspecified atom stereocenters. The summed E-state index contributed by atoms with van der Waals surface area (Å²) in [4.78, 5) is 12.2. The van der Waals surface area contributed by atoms with Crippen LogP contribution in [0.2, 0.25) is 5.02 Å². The summed E-state index contributed by atoms with van der Waals surface area (Å²) in [7, 11) is -4.04. The maximum absolute atomic E-state index is 12.5. The fourth-order valence-electron chi connectivity index (χ4n) is 2.37. The molecule has 0 spiro atoms. The highest BCUT2D eigenvalue weighted by molar-refractivity contribution is 7.89. The second-order valence-electron chi connectivity index (χ2n) is 5.82. The number of halogens is 1. The minimum atomic E-state index is -4.04. The minimum absolute atomic E-state index is 0.0341. The lowest BCUT2D eigenvalue weighted by molar-refractivity contribution is 0.0953. The van der Waals surface area contributed by atoms with Gasteiger partial charge in [-0.25, -0.2) is 13.6 Å². The van der Waals surface area contributed by atoms with E-state index < -0.39 is 10.0 Å². The Labute approximate surface area is 158 Å². The van der Waals surface area contributed by atoms with Crippen molar-refractivity contribution in [1.82, 2.24) is 5.32 Å². The highest BCUT2D eigenvalue weighted by Gasteiger charge is 2.20. The Kier molecular flexibility index (Phi) is 7.02. The molecule has 0 saturated heterocycles. The number of hydrogen-bond donors (Lipinski definition) is 3. The third-order valence-corrected chi connectivity index (χ3v) is 5.14. The maximum Gasteiger partial charge on any atom is 0.253 e. The number of carbonyl (C=O) groups excluding carboxylic acids is 1. The van der Waals surface area contributed by atoms with Crippen LogP contribution in [0.1, 0.15) is 35.7 Å². The molecule has 6 nitrogen and oxygen atoms in total. The molecule has 0 radical (unpaired) electrons. The van der Waals surface area contributed by atoms with E-state index in [0.717, 1.165) is 18.4 Å². The van der Waals surface area contributed by atoms with Gasteiger partial charge in [-0.2, -0.15) is 0 Å². The lowest BCUT2D eigenvalue weighted by Gasteiger charge is -2.15. The Balaban J connectivity index is 2.34. The lowest BCUT2D eigenvalue weighted by Crippen LogP contribution is -2.26. The molecule has 1 amide bonds. The molecule has 140 valence electrons. The first-order valence-corrected chi connectivity index (χ1v) is 10.2. The Bertz CT molecular complexity index is 871. The molecule has 4 N–H and O–H groups in total. The molecule has 0 atom stereocenters. The molecule has 0 fully saturated rings. The van der Waals surface area contributed by atoms with Crippen molar-refractivity contribution in [3.05, 3.63) is 58.6 Å². The largest absolute Gasteiger partial charge is 0.380 e. The molecule has 2 rings (SSSR count). The van der Waals surface area contributed by atoms with Crippen LogP contribution >= 0.6 is 11.6 Å². The number of amides is 1. The van der Waals surface area contributed by atoms with Crippen molar-refractivity contribution in [1.29, 1.82) is 0 Å². The monoisotopic (exact) mass is 395 g/mol. The van der Waals surface area contributed by atoms with Crippen LogP contribution in [0.4, 0.5) is 5.69 Å². The van der Waals surface area contributed by atoms with Gasteiger partial charge in [0.05, 0.1) is 10.6 Å². The molecule has 8 heteroatoms. The molecule has 0 aromatic heterocycles. The van der Waals surface area contributed by atoms with Crippen LogP contribution in [0.25, 0.3) is 0 Å². The zero-order chi connectivity index (χ0) is 19.2. The van der Waals surface area contributed by atoms with Gasteiger partial charge in [0.15, 0.2) is 0 Å². The maximum atomic E-state index is 12.5. The first kappa shape index (κ1) is 20.2. The molecule has 2 aromatic rings. The van der Waals surface area contributed by atoms with Crippen molar-refractivity contribution >= 4 is 33.2 Å². The average Bonchev–Trinajstić information content (AvgIpc) is 2.60. The van der Waals surface area contributed by atoms with Crippen LogP contribution in [-0.4, -0.2) is 20.9 Å². The molecule has 2 aromatic carbocycles. The number of unbranched alkanes of at least 4 members (excludes halogenated alkanes) is 1. The standard InChI is InChI=1S/C18H22ClN3O3S/c1-2-3-9-21-18(23)14-10-17(26(20,24)25)15(19)11-16(14)22-12-13-7-5-4-6-8-13/h4-8,10-11,22H,2-3,9,12H2,1H3,(H,21,23)(H2,20,24,25). The molecule has 0 aliphatic rings. The molecular formula is C18H22ClN3O3S. The molecule has 0 aliphatic heterocycles. The normalized spacial score (nSPS) is 11.2. The van der Waals surface area contributed by atoms with Crippen LogP contribution in [0.3, 0.4) is 0 Å². The second-order valence-corrected chi connectivity index (χ2v) is 7.76. The van der Waals surface area contributed by atoms with E-state index in [9.17, 15) is 13.2 Å². The van der Waals surface area contributed by atoms with Gasteiger partial charge in [0.1, 0.15) is 4.90 Å². The first-order valence-electron chi connectivity index (χ1n) is 8.25. The molecular weight excluding hydrogens is 374 g/mol. The Hall–Kier alpha value is -2.09. The smallest absolute Gasteiger partial charge is 0.253 e. The molecule has 0 heterocycles. The number of nitrogens with one attached hydrogen (secondary N) is 2. The van der Waals surface area contributed by atoms with Crippen molar-refractivity contribution in [3.63, 3.8) is 0 Å². The van der Waals surface area contributed by atoms with Crippen molar-refractivity contribution in [2.75, 3.05) is 11.9 Å². The fraction of sp³-hybridized carbons (Fsp3) is 0.278. The first-order chi connectivity index (χ1) is 12.3. The van der Waals surface area contributed by atoms with E-state index in [1.54, 1.807) is 0 Å². The summed E-state index contributed by atoms with van der Waals surface area (Å²) >= 11 is 6.07. The number of sulfonamides is 1.